The largest absolute Gasteiger partial charge is 0.399 e. The van der Waals surface area contributed by atoms with Gasteiger partial charge in [0.25, 0.3) is 5.69 Å². The van der Waals surface area contributed by atoms with Crippen LogP contribution in [0.2, 0.25) is 0 Å². The Morgan fingerprint density at radius 3 is 2.13 bits per heavy atom. The summed E-state index contributed by atoms with van der Waals surface area (Å²) in [4.78, 5) is 31.3. The number of Topliss-reactive ketones (excluding diaryl/α,β-unsaturated/α-hetero) is 1. The maximum atomic E-state index is 11.1. The zero-order valence-corrected chi connectivity index (χ0v) is 12.6. The molecule has 0 aliphatic heterocycles. The van der Waals surface area contributed by atoms with Crippen LogP contribution in [0.3, 0.4) is 0 Å². The minimum Gasteiger partial charge on any atom is -0.399 e. The van der Waals surface area contributed by atoms with Crippen molar-refractivity contribution in [2.45, 2.75) is 13.3 Å². The van der Waals surface area contributed by atoms with E-state index in [9.17, 15) is 19.7 Å². The Hall–Kier alpha value is -3.22. The van der Waals surface area contributed by atoms with Crippen molar-refractivity contribution in [1.82, 2.24) is 0 Å². The summed E-state index contributed by atoms with van der Waals surface area (Å²) in [6.07, 6.45) is -0.0606. The summed E-state index contributed by atoms with van der Waals surface area (Å²) in [5.41, 5.74) is 6.62. The predicted octanol–water partition coefficient (Wildman–Crippen LogP) is 2.78. The molecule has 0 radical (unpaired) electrons. The first-order valence-corrected chi connectivity index (χ1v) is 6.72. The number of hydrogen-bond acceptors (Lipinski definition) is 5. The van der Waals surface area contributed by atoms with Crippen LogP contribution in [0.1, 0.15) is 13.3 Å². The molecule has 120 valence electrons. The molecule has 0 unspecified atom stereocenters. The number of nitro groups is 1. The van der Waals surface area contributed by atoms with E-state index in [1.54, 1.807) is 12.1 Å². The SMILES string of the molecule is CC(=O)CC(=O)Nc1ccccc1.Nc1ccc([N+](=O)[O-])cc1. The number of nitrogen functional groups attached to an aromatic ring is 1. The molecule has 0 aliphatic carbocycles. The van der Waals surface area contributed by atoms with Gasteiger partial charge in [-0.05, 0) is 31.2 Å². The summed E-state index contributed by atoms with van der Waals surface area (Å²) >= 11 is 0. The Balaban J connectivity index is 0.000000238. The van der Waals surface area contributed by atoms with Crippen LogP contribution in [0.5, 0.6) is 0 Å². The highest BCUT2D eigenvalue weighted by Gasteiger charge is 2.04. The van der Waals surface area contributed by atoms with Gasteiger partial charge in [-0.25, -0.2) is 0 Å². The van der Waals surface area contributed by atoms with Gasteiger partial charge in [-0.1, -0.05) is 18.2 Å². The Morgan fingerprint density at radius 2 is 1.65 bits per heavy atom. The number of para-hydroxylation sites is 1. The average Bonchev–Trinajstić information content (AvgIpc) is 2.48. The molecule has 0 saturated heterocycles. The van der Waals surface area contributed by atoms with E-state index in [1.165, 1.54) is 31.2 Å². The fourth-order valence-electron chi connectivity index (χ4n) is 1.55. The number of benzene rings is 2. The summed E-state index contributed by atoms with van der Waals surface area (Å²) in [6.45, 7) is 1.39. The first-order valence-electron chi connectivity index (χ1n) is 6.72. The van der Waals surface area contributed by atoms with Gasteiger partial charge >= 0.3 is 0 Å². The number of nitrogens with one attached hydrogen (secondary N) is 1. The van der Waals surface area contributed by atoms with Gasteiger partial charge in [0.2, 0.25) is 5.91 Å². The summed E-state index contributed by atoms with van der Waals surface area (Å²) in [5, 5.41) is 12.7. The lowest BCUT2D eigenvalue weighted by atomic mass is 10.2. The average molecular weight is 315 g/mol. The molecule has 7 nitrogen and oxygen atoms in total. The van der Waals surface area contributed by atoms with Gasteiger partial charge in [0.15, 0.2) is 0 Å². The minimum atomic E-state index is -0.459. The fourth-order valence-corrected chi connectivity index (χ4v) is 1.55. The van der Waals surface area contributed by atoms with E-state index >= 15 is 0 Å². The maximum absolute atomic E-state index is 11.1. The summed E-state index contributed by atoms with van der Waals surface area (Å²) in [7, 11) is 0. The number of non-ortho nitro benzene ring substituents is 1. The number of nitro benzene ring substituents is 1. The predicted molar refractivity (Wildman–Crippen MR) is 87.9 cm³/mol. The highest BCUT2D eigenvalue weighted by molar-refractivity contribution is 6.03. The molecule has 0 aliphatic rings. The molecule has 2 aromatic carbocycles. The molecule has 0 bridgehead atoms. The Bertz CT molecular complexity index is 669. The second kappa shape index (κ2) is 8.93. The van der Waals surface area contributed by atoms with Crippen molar-refractivity contribution >= 4 is 28.8 Å². The lowest BCUT2D eigenvalue weighted by Crippen LogP contribution is -2.14. The van der Waals surface area contributed by atoms with Crippen LogP contribution >= 0.6 is 0 Å². The van der Waals surface area contributed by atoms with Crippen molar-refractivity contribution in [2.75, 3.05) is 11.1 Å². The Kier molecular flexibility index (Phi) is 6.93. The summed E-state index contributed by atoms with van der Waals surface area (Å²) < 4.78 is 0. The maximum Gasteiger partial charge on any atom is 0.269 e. The summed E-state index contributed by atoms with van der Waals surface area (Å²) in [5.74, 6) is -0.396. The van der Waals surface area contributed by atoms with Gasteiger partial charge in [0.05, 0.1) is 11.3 Å². The number of nitrogens with zero attached hydrogens (tertiary/aromatic N) is 1. The number of carbonyl (C=O) groups is 2. The lowest BCUT2D eigenvalue weighted by molar-refractivity contribution is -0.384. The molecule has 0 spiro atoms. The first kappa shape index (κ1) is 17.8. The third kappa shape index (κ3) is 7.37. The lowest BCUT2D eigenvalue weighted by Gasteiger charge is -2.01. The van der Waals surface area contributed by atoms with E-state index in [1.807, 2.05) is 18.2 Å². The second-order valence-corrected chi connectivity index (χ2v) is 4.64. The summed E-state index contributed by atoms with van der Waals surface area (Å²) in [6, 6.07) is 14.8. The fraction of sp³-hybridized carbons (Fsp3) is 0.125. The topological polar surface area (TPSA) is 115 Å². The van der Waals surface area contributed by atoms with Crippen LogP contribution in [-0.4, -0.2) is 16.6 Å². The van der Waals surface area contributed by atoms with Crippen molar-refractivity contribution in [3.63, 3.8) is 0 Å². The van der Waals surface area contributed by atoms with Crippen molar-refractivity contribution < 1.29 is 14.5 Å². The smallest absolute Gasteiger partial charge is 0.269 e. The number of hydrogen-bond donors (Lipinski definition) is 2. The van der Waals surface area contributed by atoms with Gasteiger partial charge in [-0.15, -0.1) is 0 Å². The Labute approximate surface area is 133 Å². The number of rotatable bonds is 4. The number of carbonyl (C=O) groups excluding carboxylic acids is 2. The quantitative estimate of drug-likeness (QED) is 0.389. The van der Waals surface area contributed by atoms with Gasteiger partial charge in [-0.3, -0.25) is 19.7 Å². The molecule has 3 N–H and O–H groups in total. The zero-order chi connectivity index (χ0) is 17.2. The second-order valence-electron chi connectivity index (χ2n) is 4.64. The van der Waals surface area contributed by atoms with Crippen LogP contribution in [0.4, 0.5) is 17.1 Å². The third-order valence-corrected chi connectivity index (χ3v) is 2.57. The van der Waals surface area contributed by atoms with E-state index in [0.717, 1.165) is 0 Å². The van der Waals surface area contributed by atoms with E-state index in [0.29, 0.717) is 11.4 Å². The van der Waals surface area contributed by atoms with Crippen molar-refractivity contribution in [3.8, 4) is 0 Å². The van der Waals surface area contributed by atoms with Gasteiger partial charge < -0.3 is 11.1 Å². The number of amides is 1. The third-order valence-electron chi connectivity index (χ3n) is 2.57. The van der Waals surface area contributed by atoms with Crippen LogP contribution in [0, 0.1) is 10.1 Å². The van der Waals surface area contributed by atoms with Gasteiger partial charge in [0.1, 0.15) is 5.78 Å². The van der Waals surface area contributed by atoms with Gasteiger partial charge in [-0.2, -0.15) is 0 Å². The molecular formula is C16H17N3O4. The number of anilines is 2. The highest BCUT2D eigenvalue weighted by Crippen LogP contribution is 2.12. The van der Waals surface area contributed by atoms with E-state index < -0.39 is 4.92 Å². The number of nitrogens with two attached hydrogens (primary N) is 1. The molecule has 0 heterocycles. The van der Waals surface area contributed by atoms with Crippen molar-refractivity contribution in [3.05, 3.63) is 64.7 Å². The highest BCUT2D eigenvalue weighted by atomic mass is 16.6. The van der Waals surface area contributed by atoms with Crippen molar-refractivity contribution in [2.24, 2.45) is 0 Å². The molecule has 0 fully saturated rings. The molecular weight excluding hydrogens is 298 g/mol. The van der Waals surface area contributed by atoms with E-state index in [4.69, 9.17) is 5.73 Å². The molecule has 2 aromatic rings. The van der Waals surface area contributed by atoms with Crippen molar-refractivity contribution in [1.29, 1.82) is 0 Å². The monoisotopic (exact) mass is 315 g/mol. The molecule has 23 heavy (non-hydrogen) atoms. The van der Waals surface area contributed by atoms with Crippen LogP contribution in [0.25, 0.3) is 0 Å². The van der Waals surface area contributed by atoms with Crippen LogP contribution < -0.4 is 11.1 Å². The van der Waals surface area contributed by atoms with Crippen LogP contribution in [0.15, 0.2) is 54.6 Å². The molecule has 2 rings (SSSR count). The molecule has 0 atom stereocenters. The van der Waals surface area contributed by atoms with Gasteiger partial charge in [0, 0.05) is 23.5 Å². The molecule has 0 aromatic heterocycles. The van der Waals surface area contributed by atoms with E-state index in [-0.39, 0.29) is 23.8 Å². The Morgan fingerprint density at radius 1 is 1.09 bits per heavy atom. The van der Waals surface area contributed by atoms with Crippen LogP contribution in [-0.2, 0) is 9.59 Å². The standard InChI is InChI=1S/C10H11NO2.C6H6N2O2/c1-8(12)7-10(13)11-9-5-3-2-4-6-9;7-5-1-3-6(4-2-5)8(9)10/h2-6H,7H2,1H3,(H,11,13);1-4H,7H2. The normalized spacial score (nSPS) is 9.26. The molecule has 1 amide bonds. The molecule has 0 saturated carbocycles. The minimum absolute atomic E-state index is 0.0606. The first-order chi connectivity index (χ1) is 10.9. The molecule has 7 heteroatoms. The van der Waals surface area contributed by atoms with E-state index in [2.05, 4.69) is 5.32 Å². The number of ketones is 1. The zero-order valence-electron chi connectivity index (χ0n) is 12.6.